The zero-order chi connectivity index (χ0) is 16.2. The monoisotopic (exact) mass is 315 g/mol. The van der Waals surface area contributed by atoms with Crippen molar-refractivity contribution < 1.29 is 23.9 Å². The summed E-state index contributed by atoms with van der Waals surface area (Å²) in [6.45, 7) is 1.28. The van der Waals surface area contributed by atoms with Gasteiger partial charge < -0.3 is 20.9 Å². The maximum Gasteiger partial charge on any atom is 0.342 e. The van der Waals surface area contributed by atoms with E-state index in [2.05, 4.69) is 0 Å². The van der Waals surface area contributed by atoms with Crippen LogP contribution in [0.5, 0.6) is 5.75 Å². The normalized spacial score (nSPS) is 11.4. The Kier molecular flexibility index (Phi) is 5.37. The smallest absolute Gasteiger partial charge is 0.342 e. The van der Waals surface area contributed by atoms with Gasteiger partial charge >= 0.3 is 12.0 Å². The Hall–Kier alpha value is -2.48. The highest BCUT2D eigenvalue weighted by Crippen LogP contribution is 2.29. The number of hydrogen-bond donors (Lipinski definition) is 3. The van der Waals surface area contributed by atoms with Crippen molar-refractivity contribution in [1.82, 2.24) is 5.32 Å². The van der Waals surface area contributed by atoms with E-state index in [4.69, 9.17) is 32.5 Å². The van der Waals surface area contributed by atoms with Crippen LogP contribution < -0.4 is 21.5 Å². The molecule has 21 heavy (non-hydrogen) atoms. The molecule has 0 saturated heterocycles. The summed E-state index contributed by atoms with van der Waals surface area (Å²) in [6.07, 6.45) is -1.23. The fourth-order valence-corrected chi connectivity index (χ4v) is 1.56. The molecule has 1 aromatic rings. The fourth-order valence-electron chi connectivity index (χ4n) is 1.40. The molecule has 0 bridgehead atoms. The zero-order valence-corrected chi connectivity index (χ0v) is 12.1. The molecular weight excluding hydrogens is 302 g/mol. The summed E-state index contributed by atoms with van der Waals surface area (Å²) in [6, 6.07) is 1.57. The van der Waals surface area contributed by atoms with E-state index in [1.165, 1.54) is 26.2 Å². The van der Waals surface area contributed by atoms with E-state index in [1.54, 1.807) is 5.32 Å². The molecule has 0 saturated carbocycles. The second-order valence-electron chi connectivity index (χ2n) is 3.98. The Bertz CT molecular complexity index is 591. The second-order valence-corrected chi connectivity index (χ2v) is 4.38. The summed E-state index contributed by atoms with van der Waals surface area (Å²) < 4.78 is 9.89. The van der Waals surface area contributed by atoms with Gasteiger partial charge in [-0.15, -0.1) is 0 Å². The summed E-state index contributed by atoms with van der Waals surface area (Å²) in [5.41, 5.74) is 10.6. The topological polar surface area (TPSA) is 134 Å². The maximum atomic E-state index is 12.0. The predicted octanol–water partition coefficient (Wildman–Crippen LogP) is 0.671. The Morgan fingerprint density at radius 3 is 2.48 bits per heavy atom. The van der Waals surface area contributed by atoms with Gasteiger partial charge in [-0.3, -0.25) is 10.1 Å². The number of rotatable bonds is 4. The molecule has 0 aliphatic rings. The van der Waals surface area contributed by atoms with E-state index in [-0.39, 0.29) is 22.0 Å². The average Bonchev–Trinajstić information content (AvgIpc) is 2.40. The lowest BCUT2D eigenvalue weighted by atomic mass is 10.2. The second kappa shape index (κ2) is 6.80. The highest BCUT2D eigenvalue weighted by atomic mass is 35.5. The fraction of sp³-hybridized carbons (Fsp3) is 0.250. The standard InChI is InChI=1S/C12H14ClN3O5/c1-5(10(17)16-12(15)19)21-11(18)6-3-7(13)8(14)4-9(6)20-2/h3-5H,14H2,1-2H3,(H3,15,16,17,19)/t5-/m0/s1. The number of anilines is 1. The third-order valence-electron chi connectivity index (χ3n) is 2.44. The molecule has 3 amide bonds. The lowest BCUT2D eigenvalue weighted by Gasteiger charge is -2.14. The molecule has 0 fully saturated rings. The number of carbonyl (C=O) groups excluding carboxylic acids is 3. The number of urea groups is 1. The Balaban J connectivity index is 2.92. The number of nitrogens with two attached hydrogens (primary N) is 2. The van der Waals surface area contributed by atoms with Gasteiger partial charge in [-0.2, -0.15) is 0 Å². The van der Waals surface area contributed by atoms with Gasteiger partial charge in [0.25, 0.3) is 5.91 Å². The molecular formula is C12H14ClN3O5. The number of halogens is 1. The number of nitrogens with one attached hydrogen (secondary N) is 1. The van der Waals surface area contributed by atoms with Crippen LogP contribution >= 0.6 is 11.6 Å². The minimum atomic E-state index is -1.23. The molecule has 0 unspecified atom stereocenters. The van der Waals surface area contributed by atoms with Crippen LogP contribution in [-0.4, -0.2) is 31.1 Å². The lowest BCUT2D eigenvalue weighted by Crippen LogP contribution is -2.42. The summed E-state index contributed by atoms with van der Waals surface area (Å²) in [5.74, 6) is -1.57. The molecule has 1 aromatic carbocycles. The highest BCUT2D eigenvalue weighted by Gasteiger charge is 2.23. The Morgan fingerprint density at radius 2 is 1.95 bits per heavy atom. The molecule has 0 aliphatic carbocycles. The summed E-state index contributed by atoms with van der Waals surface area (Å²) >= 11 is 5.83. The van der Waals surface area contributed by atoms with Crippen molar-refractivity contribution in [2.45, 2.75) is 13.0 Å². The van der Waals surface area contributed by atoms with E-state index >= 15 is 0 Å². The minimum absolute atomic E-state index is 0.00424. The Labute approximate surface area is 125 Å². The molecule has 0 radical (unpaired) electrons. The van der Waals surface area contributed by atoms with Crippen LogP contribution in [0.15, 0.2) is 12.1 Å². The van der Waals surface area contributed by atoms with Gasteiger partial charge in [0.15, 0.2) is 6.10 Å². The quantitative estimate of drug-likeness (QED) is 0.552. The van der Waals surface area contributed by atoms with Crippen molar-refractivity contribution in [3.63, 3.8) is 0 Å². The van der Waals surface area contributed by atoms with Crippen molar-refractivity contribution in [3.8, 4) is 5.75 Å². The minimum Gasteiger partial charge on any atom is -0.496 e. The maximum absolute atomic E-state index is 12.0. The van der Waals surface area contributed by atoms with Crippen LogP contribution in [0.25, 0.3) is 0 Å². The number of amides is 3. The third-order valence-corrected chi connectivity index (χ3v) is 2.77. The number of benzene rings is 1. The summed E-state index contributed by atoms with van der Waals surface area (Å²) in [5, 5.41) is 1.93. The number of ether oxygens (including phenoxy) is 2. The molecule has 8 nitrogen and oxygen atoms in total. The summed E-state index contributed by atoms with van der Waals surface area (Å²) in [7, 11) is 1.34. The molecule has 0 aliphatic heterocycles. The highest BCUT2D eigenvalue weighted by molar-refractivity contribution is 6.33. The van der Waals surface area contributed by atoms with Crippen molar-refractivity contribution in [2.24, 2.45) is 5.73 Å². The van der Waals surface area contributed by atoms with Crippen LogP contribution in [0.4, 0.5) is 10.5 Å². The number of imide groups is 1. The first kappa shape index (κ1) is 16.6. The van der Waals surface area contributed by atoms with E-state index in [0.717, 1.165) is 0 Å². The van der Waals surface area contributed by atoms with E-state index in [1.807, 2.05) is 0 Å². The predicted molar refractivity (Wildman–Crippen MR) is 75.0 cm³/mol. The van der Waals surface area contributed by atoms with Gasteiger partial charge in [0.05, 0.1) is 17.8 Å². The van der Waals surface area contributed by atoms with Gasteiger partial charge in [-0.1, -0.05) is 11.6 Å². The number of esters is 1. The molecule has 114 valence electrons. The number of primary amides is 1. The van der Waals surface area contributed by atoms with Crippen LogP contribution in [0.1, 0.15) is 17.3 Å². The molecule has 1 rings (SSSR count). The van der Waals surface area contributed by atoms with Crippen molar-refractivity contribution in [1.29, 1.82) is 0 Å². The molecule has 1 atom stereocenters. The van der Waals surface area contributed by atoms with Crippen LogP contribution in [0.3, 0.4) is 0 Å². The van der Waals surface area contributed by atoms with Gasteiger partial charge in [-0.25, -0.2) is 9.59 Å². The Morgan fingerprint density at radius 1 is 1.33 bits per heavy atom. The number of methoxy groups -OCH3 is 1. The summed E-state index contributed by atoms with van der Waals surface area (Å²) in [4.78, 5) is 34.0. The lowest BCUT2D eigenvalue weighted by molar-refractivity contribution is -0.127. The van der Waals surface area contributed by atoms with E-state index in [9.17, 15) is 14.4 Å². The molecule has 5 N–H and O–H groups in total. The first-order valence-electron chi connectivity index (χ1n) is 5.70. The van der Waals surface area contributed by atoms with Crippen LogP contribution in [0.2, 0.25) is 5.02 Å². The van der Waals surface area contributed by atoms with Crippen LogP contribution in [0, 0.1) is 0 Å². The van der Waals surface area contributed by atoms with Gasteiger partial charge in [0.2, 0.25) is 0 Å². The van der Waals surface area contributed by atoms with Crippen molar-refractivity contribution in [3.05, 3.63) is 22.7 Å². The molecule has 0 spiro atoms. The van der Waals surface area contributed by atoms with Gasteiger partial charge in [0.1, 0.15) is 11.3 Å². The largest absolute Gasteiger partial charge is 0.496 e. The van der Waals surface area contributed by atoms with Gasteiger partial charge in [0, 0.05) is 6.07 Å². The van der Waals surface area contributed by atoms with E-state index in [0.29, 0.717) is 0 Å². The molecule has 9 heteroatoms. The number of hydrogen-bond acceptors (Lipinski definition) is 6. The van der Waals surface area contributed by atoms with Crippen molar-refractivity contribution in [2.75, 3.05) is 12.8 Å². The average molecular weight is 316 g/mol. The van der Waals surface area contributed by atoms with E-state index < -0.39 is 24.0 Å². The third kappa shape index (κ3) is 4.25. The van der Waals surface area contributed by atoms with Crippen molar-refractivity contribution >= 4 is 35.2 Å². The zero-order valence-electron chi connectivity index (χ0n) is 11.3. The number of carbonyl (C=O) groups is 3. The first-order valence-corrected chi connectivity index (χ1v) is 6.08. The van der Waals surface area contributed by atoms with Crippen LogP contribution in [-0.2, 0) is 9.53 Å². The SMILES string of the molecule is COc1cc(N)c(Cl)cc1C(=O)O[C@@H](C)C(=O)NC(N)=O. The molecule has 0 aromatic heterocycles. The first-order chi connectivity index (χ1) is 9.76. The van der Waals surface area contributed by atoms with Gasteiger partial charge in [-0.05, 0) is 13.0 Å². The molecule has 0 heterocycles. The number of nitrogen functional groups attached to an aromatic ring is 1.